The number of hydrogen-bond donors (Lipinski definition) is 1. The van der Waals surface area contributed by atoms with E-state index in [0.717, 1.165) is 0 Å². The molecule has 1 atom stereocenters. The molecule has 1 N–H and O–H groups in total. The number of nitrogens with zero attached hydrogens (tertiary/aromatic N) is 2. The van der Waals surface area contributed by atoms with Crippen LogP contribution < -0.4 is 0 Å². The molecule has 0 aromatic carbocycles. The smallest absolute Gasteiger partial charge is 0.358 e. The topological polar surface area (TPSA) is 81.4 Å². The van der Waals surface area contributed by atoms with Gasteiger partial charge in [-0.2, -0.15) is 5.10 Å². The fourth-order valence-corrected chi connectivity index (χ4v) is 1.37. The summed E-state index contributed by atoms with van der Waals surface area (Å²) in [4.78, 5) is 22.1. The Bertz CT molecular complexity index is 411. The molecular formula is C10H14N2O4. The fraction of sp³-hybridized carbons (Fsp3) is 0.500. The number of aliphatic carboxylic acids is 1. The maximum Gasteiger partial charge on any atom is 0.358 e. The zero-order valence-corrected chi connectivity index (χ0v) is 9.43. The summed E-state index contributed by atoms with van der Waals surface area (Å²) < 4.78 is 6.04. The Hall–Kier alpha value is -1.85. The number of hydrogen-bond acceptors (Lipinski definition) is 4. The predicted molar refractivity (Wildman–Crippen MR) is 55.1 cm³/mol. The molecule has 0 bridgehead atoms. The van der Waals surface area contributed by atoms with Crippen LogP contribution in [0.5, 0.6) is 0 Å². The molecule has 1 aromatic heterocycles. The predicted octanol–water partition coefficient (Wildman–Crippen LogP) is 0.470. The first-order chi connectivity index (χ1) is 7.45. The van der Waals surface area contributed by atoms with E-state index in [0.29, 0.717) is 5.56 Å². The minimum Gasteiger partial charge on any atom is -0.481 e. The SMILES string of the molecule is COC(=O)c1nn(C)cc1CC(C)C(=O)O. The molecule has 88 valence electrons. The van der Waals surface area contributed by atoms with Crippen molar-refractivity contribution < 1.29 is 19.4 Å². The number of carboxylic acids is 1. The van der Waals surface area contributed by atoms with Gasteiger partial charge in [0.25, 0.3) is 0 Å². The molecule has 0 aliphatic carbocycles. The molecule has 0 amide bonds. The molecule has 1 heterocycles. The molecule has 0 fully saturated rings. The van der Waals surface area contributed by atoms with Gasteiger partial charge in [0, 0.05) is 18.8 Å². The lowest BCUT2D eigenvalue weighted by atomic mass is 10.0. The van der Waals surface area contributed by atoms with Crippen molar-refractivity contribution in [3.05, 3.63) is 17.5 Å². The number of carbonyl (C=O) groups is 2. The first kappa shape index (κ1) is 12.2. The summed E-state index contributed by atoms with van der Waals surface area (Å²) in [6.07, 6.45) is 1.89. The first-order valence-electron chi connectivity index (χ1n) is 4.79. The summed E-state index contributed by atoms with van der Waals surface area (Å²) in [6, 6.07) is 0. The molecule has 0 radical (unpaired) electrons. The van der Waals surface area contributed by atoms with Gasteiger partial charge >= 0.3 is 11.9 Å². The summed E-state index contributed by atoms with van der Waals surface area (Å²) in [5.74, 6) is -2.01. The van der Waals surface area contributed by atoms with Crippen LogP contribution in [-0.4, -0.2) is 33.9 Å². The Kier molecular flexibility index (Phi) is 3.65. The number of rotatable bonds is 4. The fourth-order valence-electron chi connectivity index (χ4n) is 1.37. The molecular weight excluding hydrogens is 212 g/mol. The van der Waals surface area contributed by atoms with Crippen LogP contribution in [-0.2, 0) is 23.0 Å². The van der Waals surface area contributed by atoms with Gasteiger partial charge in [0.05, 0.1) is 13.0 Å². The Labute approximate surface area is 92.8 Å². The molecule has 0 aliphatic rings. The highest BCUT2D eigenvalue weighted by Gasteiger charge is 2.20. The van der Waals surface area contributed by atoms with Crippen molar-refractivity contribution in [1.82, 2.24) is 9.78 Å². The number of carbonyl (C=O) groups excluding carboxylic acids is 1. The maximum absolute atomic E-state index is 11.4. The number of ether oxygens (including phenoxy) is 1. The van der Waals surface area contributed by atoms with E-state index in [2.05, 4.69) is 9.84 Å². The average Bonchev–Trinajstić information content (AvgIpc) is 2.58. The Morgan fingerprint density at radius 2 is 2.25 bits per heavy atom. The van der Waals surface area contributed by atoms with Gasteiger partial charge in [0.2, 0.25) is 0 Å². The number of aromatic nitrogens is 2. The second kappa shape index (κ2) is 4.78. The van der Waals surface area contributed by atoms with Crippen molar-refractivity contribution in [3.8, 4) is 0 Å². The van der Waals surface area contributed by atoms with Crippen LogP contribution in [0.15, 0.2) is 6.20 Å². The second-order valence-corrected chi connectivity index (χ2v) is 3.61. The third kappa shape index (κ3) is 2.59. The quantitative estimate of drug-likeness (QED) is 0.755. The molecule has 0 aliphatic heterocycles. The molecule has 0 saturated heterocycles. The molecule has 16 heavy (non-hydrogen) atoms. The number of aryl methyl sites for hydroxylation is 1. The van der Waals surface area contributed by atoms with Crippen molar-refractivity contribution in [3.63, 3.8) is 0 Å². The standard InChI is InChI=1S/C10H14N2O4/c1-6(9(13)14)4-7-5-12(2)11-8(7)10(15)16-3/h5-6H,4H2,1-3H3,(H,13,14). The summed E-state index contributed by atoms with van der Waals surface area (Å²) in [7, 11) is 2.93. The summed E-state index contributed by atoms with van der Waals surface area (Å²) in [6.45, 7) is 1.58. The highest BCUT2D eigenvalue weighted by atomic mass is 16.5. The third-order valence-electron chi connectivity index (χ3n) is 2.23. The summed E-state index contributed by atoms with van der Waals surface area (Å²) in [5.41, 5.74) is 0.766. The third-order valence-corrected chi connectivity index (χ3v) is 2.23. The lowest BCUT2D eigenvalue weighted by molar-refractivity contribution is -0.141. The number of esters is 1. The van der Waals surface area contributed by atoms with E-state index in [9.17, 15) is 9.59 Å². The van der Waals surface area contributed by atoms with E-state index >= 15 is 0 Å². The van der Waals surface area contributed by atoms with E-state index in [1.165, 1.54) is 11.8 Å². The largest absolute Gasteiger partial charge is 0.481 e. The van der Waals surface area contributed by atoms with Gasteiger partial charge in [-0.3, -0.25) is 9.48 Å². The van der Waals surface area contributed by atoms with Crippen LogP contribution in [0.25, 0.3) is 0 Å². The van der Waals surface area contributed by atoms with Crippen LogP contribution in [0.2, 0.25) is 0 Å². The van der Waals surface area contributed by atoms with Crippen molar-refractivity contribution >= 4 is 11.9 Å². The molecule has 1 rings (SSSR count). The lowest BCUT2D eigenvalue weighted by Gasteiger charge is -2.04. The van der Waals surface area contributed by atoms with Gasteiger partial charge in [0.1, 0.15) is 0 Å². The van der Waals surface area contributed by atoms with Crippen LogP contribution in [0.1, 0.15) is 23.0 Å². The van der Waals surface area contributed by atoms with Crippen molar-refractivity contribution in [1.29, 1.82) is 0 Å². The van der Waals surface area contributed by atoms with E-state index in [-0.39, 0.29) is 12.1 Å². The van der Waals surface area contributed by atoms with E-state index in [4.69, 9.17) is 5.11 Å². The van der Waals surface area contributed by atoms with Gasteiger partial charge < -0.3 is 9.84 Å². The lowest BCUT2D eigenvalue weighted by Crippen LogP contribution is -2.14. The van der Waals surface area contributed by atoms with Crippen molar-refractivity contribution in [2.24, 2.45) is 13.0 Å². The van der Waals surface area contributed by atoms with Gasteiger partial charge in [0.15, 0.2) is 5.69 Å². The van der Waals surface area contributed by atoms with Crippen molar-refractivity contribution in [2.75, 3.05) is 7.11 Å². The zero-order chi connectivity index (χ0) is 12.3. The normalized spacial score (nSPS) is 12.2. The van der Waals surface area contributed by atoms with Gasteiger partial charge in [-0.25, -0.2) is 4.79 Å². The van der Waals surface area contributed by atoms with Gasteiger partial charge in [-0.05, 0) is 6.42 Å². The Morgan fingerprint density at radius 3 is 2.75 bits per heavy atom. The minimum atomic E-state index is -0.903. The molecule has 0 saturated carbocycles. The highest BCUT2D eigenvalue weighted by Crippen LogP contribution is 2.13. The summed E-state index contributed by atoms with van der Waals surface area (Å²) in [5, 5.41) is 12.7. The number of carboxylic acid groups (broad SMARTS) is 1. The average molecular weight is 226 g/mol. The van der Waals surface area contributed by atoms with E-state index < -0.39 is 17.9 Å². The molecule has 1 unspecified atom stereocenters. The van der Waals surface area contributed by atoms with Crippen LogP contribution in [0.3, 0.4) is 0 Å². The molecule has 1 aromatic rings. The van der Waals surface area contributed by atoms with Crippen LogP contribution in [0.4, 0.5) is 0 Å². The monoisotopic (exact) mass is 226 g/mol. The van der Waals surface area contributed by atoms with Gasteiger partial charge in [-0.1, -0.05) is 6.92 Å². The summed E-state index contributed by atoms with van der Waals surface area (Å²) >= 11 is 0. The van der Waals surface area contributed by atoms with Crippen LogP contribution in [0, 0.1) is 5.92 Å². The molecule has 6 heteroatoms. The first-order valence-corrected chi connectivity index (χ1v) is 4.79. The Morgan fingerprint density at radius 1 is 1.62 bits per heavy atom. The van der Waals surface area contributed by atoms with E-state index in [1.807, 2.05) is 0 Å². The second-order valence-electron chi connectivity index (χ2n) is 3.61. The zero-order valence-electron chi connectivity index (χ0n) is 9.43. The van der Waals surface area contributed by atoms with Crippen molar-refractivity contribution in [2.45, 2.75) is 13.3 Å². The molecule has 6 nitrogen and oxygen atoms in total. The number of methoxy groups -OCH3 is 1. The highest BCUT2D eigenvalue weighted by molar-refractivity contribution is 5.88. The van der Waals surface area contributed by atoms with E-state index in [1.54, 1.807) is 20.2 Å². The Balaban J connectivity index is 2.95. The van der Waals surface area contributed by atoms with Gasteiger partial charge in [-0.15, -0.1) is 0 Å². The maximum atomic E-state index is 11.4. The minimum absolute atomic E-state index is 0.179. The van der Waals surface area contributed by atoms with Crippen LogP contribution >= 0.6 is 0 Å². The molecule has 0 spiro atoms.